The third kappa shape index (κ3) is 3.29. The van der Waals surface area contributed by atoms with Gasteiger partial charge in [-0.2, -0.15) is 0 Å². The van der Waals surface area contributed by atoms with Crippen molar-refractivity contribution in [2.75, 3.05) is 26.7 Å². The van der Waals surface area contributed by atoms with Crippen LogP contribution in [0.3, 0.4) is 0 Å². The van der Waals surface area contributed by atoms with Crippen molar-refractivity contribution >= 4 is 27.3 Å². The Morgan fingerprint density at radius 3 is 2.81 bits per heavy atom. The van der Waals surface area contributed by atoms with Crippen LogP contribution in [0.1, 0.15) is 17.7 Å². The molecular weight excluding hydrogens is 286 g/mol. The van der Waals surface area contributed by atoms with Crippen molar-refractivity contribution in [1.29, 1.82) is 0 Å². The number of nitrogens with zero attached hydrogens (tertiary/aromatic N) is 1. The number of hydrogen-bond acceptors (Lipinski definition) is 3. The number of thiophene rings is 1. The van der Waals surface area contributed by atoms with Gasteiger partial charge in [-0.3, -0.25) is 0 Å². The first kappa shape index (κ1) is 12.6. The van der Waals surface area contributed by atoms with Gasteiger partial charge < -0.3 is 10.0 Å². The highest BCUT2D eigenvalue weighted by atomic mass is 79.9. The minimum absolute atomic E-state index is 0.241. The van der Waals surface area contributed by atoms with E-state index in [1.165, 1.54) is 22.2 Å². The van der Waals surface area contributed by atoms with E-state index in [-0.39, 0.29) is 5.41 Å². The van der Waals surface area contributed by atoms with Gasteiger partial charge in [0.2, 0.25) is 0 Å². The van der Waals surface area contributed by atoms with Crippen molar-refractivity contribution in [3.8, 4) is 0 Å². The van der Waals surface area contributed by atoms with E-state index in [4.69, 9.17) is 0 Å². The summed E-state index contributed by atoms with van der Waals surface area (Å²) in [6, 6.07) is 2.19. The Morgan fingerprint density at radius 1 is 1.56 bits per heavy atom. The first-order valence-corrected chi connectivity index (χ1v) is 7.33. The van der Waals surface area contributed by atoms with Crippen molar-refractivity contribution in [3.05, 3.63) is 20.8 Å². The summed E-state index contributed by atoms with van der Waals surface area (Å²) in [4.78, 5) is 3.77. The summed E-state index contributed by atoms with van der Waals surface area (Å²) in [5.41, 5.74) is 0.241. The summed E-state index contributed by atoms with van der Waals surface area (Å²) in [6.45, 7) is 2.46. The van der Waals surface area contributed by atoms with Crippen LogP contribution in [0.15, 0.2) is 15.9 Å². The third-order valence-electron chi connectivity index (χ3n) is 3.26. The van der Waals surface area contributed by atoms with Crippen molar-refractivity contribution < 1.29 is 5.11 Å². The maximum atomic E-state index is 9.26. The predicted octanol–water partition coefficient (Wildman–Crippen LogP) is 2.76. The second-order valence-corrected chi connectivity index (χ2v) is 6.79. The molecule has 1 saturated carbocycles. The van der Waals surface area contributed by atoms with Gasteiger partial charge in [0.15, 0.2) is 0 Å². The van der Waals surface area contributed by atoms with Crippen molar-refractivity contribution in [2.24, 2.45) is 5.41 Å². The summed E-state index contributed by atoms with van der Waals surface area (Å²) < 4.78 is 1.18. The maximum absolute atomic E-state index is 9.26. The normalized spacial score (nSPS) is 18.0. The maximum Gasteiger partial charge on any atom is 0.0499 e. The van der Waals surface area contributed by atoms with Crippen LogP contribution in [0, 0.1) is 5.41 Å². The van der Waals surface area contributed by atoms with Crippen LogP contribution in [-0.4, -0.2) is 36.8 Å². The van der Waals surface area contributed by atoms with E-state index in [1.54, 1.807) is 0 Å². The van der Waals surface area contributed by atoms with Crippen molar-refractivity contribution in [2.45, 2.75) is 19.3 Å². The summed E-state index contributed by atoms with van der Waals surface area (Å²) >= 11 is 5.28. The third-order valence-corrected chi connectivity index (χ3v) is 5.02. The molecular formula is C12H18BrNOS. The molecule has 0 aromatic carbocycles. The first-order valence-electron chi connectivity index (χ1n) is 5.66. The van der Waals surface area contributed by atoms with Crippen LogP contribution in [0.4, 0.5) is 0 Å². The molecule has 2 rings (SSSR count). The molecule has 1 aromatic heterocycles. The largest absolute Gasteiger partial charge is 0.396 e. The number of aliphatic hydroxyl groups is 1. The molecule has 1 aliphatic rings. The Kier molecular flexibility index (Phi) is 4.06. The zero-order valence-electron chi connectivity index (χ0n) is 9.58. The molecule has 0 bridgehead atoms. The molecule has 1 N–H and O–H groups in total. The molecule has 1 aromatic rings. The SMILES string of the molecule is CN(CCc1cc(Br)cs1)CC1(CO)CC1. The van der Waals surface area contributed by atoms with Crippen LogP contribution in [0.5, 0.6) is 0 Å². The standard InChI is InChI=1S/C12H18BrNOS/c1-14(8-12(9-15)3-4-12)5-2-11-6-10(13)7-16-11/h6-7,15H,2-5,8-9H2,1H3. The summed E-state index contributed by atoms with van der Waals surface area (Å²) in [5, 5.41) is 11.4. The van der Waals surface area contributed by atoms with Crippen molar-refractivity contribution in [3.63, 3.8) is 0 Å². The van der Waals surface area contributed by atoms with Gasteiger partial charge in [0.05, 0.1) is 0 Å². The lowest BCUT2D eigenvalue weighted by Crippen LogP contribution is -2.30. The molecule has 0 saturated heterocycles. The Balaban J connectivity index is 1.73. The molecule has 1 aliphatic carbocycles. The Hall–Kier alpha value is 0.1000. The Bertz CT molecular complexity index is 349. The zero-order valence-corrected chi connectivity index (χ0v) is 12.0. The molecule has 1 fully saturated rings. The van der Waals surface area contributed by atoms with Gasteiger partial charge in [0.25, 0.3) is 0 Å². The lowest BCUT2D eigenvalue weighted by molar-refractivity contribution is 0.165. The monoisotopic (exact) mass is 303 g/mol. The number of hydrogen-bond donors (Lipinski definition) is 1. The van der Waals surface area contributed by atoms with Crippen LogP contribution in [0.2, 0.25) is 0 Å². The highest BCUT2D eigenvalue weighted by Gasteiger charge is 2.42. The summed E-state index contributed by atoms with van der Waals surface area (Å²) in [6.07, 6.45) is 3.49. The molecule has 90 valence electrons. The molecule has 0 aliphatic heterocycles. The van der Waals surface area contributed by atoms with E-state index in [0.717, 1.165) is 19.5 Å². The number of aliphatic hydroxyl groups excluding tert-OH is 1. The lowest BCUT2D eigenvalue weighted by Gasteiger charge is -2.21. The molecule has 1 heterocycles. The van der Waals surface area contributed by atoms with E-state index in [2.05, 4.69) is 39.3 Å². The zero-order chi connectivity index (χ0) is 11.6. The van der Waals surface area contributed by atoms with E-state index >= 15 is 0 Å². The van der Waals surface area contributed by atoms with Gasteiger partial charge >= 0.3 is 0 Å². The van der Waals surface area contributed by atoms with E-state index in [9.17, 15) is 5.11 Å². The smallest absolute Gasteiger partial charge is 0.0499 e. The van der Waals surface area contributed by atoms with Gasteiger partial charge in [-0.25, -0.2) is 0 Å². The number of likely N-dealkylation sites (N-methyl/N-ethyl adjacent to an activating group) is 1. The molecule has 0 radical (unpaired) electrons. The van der Waals surface area contributed by atoms with Crippen LogP contribution in [-0.2, 0) is 6.42 Å². The second-order valence-electron chi connectivity index (χ2n) is 4.88. The highest BCUT2D eigenvalue weighted by molar-refractivity contribution is 9.10. The van der Waals surface area contributed by atoms with E-state index in [0.29, 0.717) is 6.61 Å². The summed E-state index contributed by atoms with van der Waals surface area (Å²) in [5.74, 6) is 0. The van der Waals surface area contributed by atoms with Gasteiger partial charge in [-0.15, -0.1) is 11.3 Å². The first-order chi connectivity index (χ1) is 7.63. The van der Waals surface area contributed by atoms with E-state index in [1.807, 2.05) is 11.3 Å². The molecule has 0 atom stereocenters. The van der Waals surface area contributed by atoms with Crippen molar-refractivity contribution in [1.82, 2.24) is 4.90 Å². The molecule has 0 spiro atoms. The lowest BCUT2D eigenvalue weighted by atomic mass is 10.1. The quantitative estimate of drug-likeness (QED) is 0.873. The number of rotatable bonds is 6. The fourth-order valence-electron chi connectivity index (χ4n) is 1.98. The Labute approximate surface area is 109 Å². The molecule has 4 heteroatoms. The summed E-state index contributed by atoms with van der Waals surface area (Å²) in [7, 11) is 2.15. The van der Waals surface area contributed by atoms with Crippen LogP contribution in [0.25, 0.3) is 0 Å². The molecule has 0 amide bonds. The van der Waals surface area contributed by atoms with E-state index < -0.39 is 0 Å². The highest BCUT2D eigenvalue weighted by Crippen LogP contribution is 2.45. The predicted molar refractivity (Wildman–Crippen MR) is 72.0 cm³/mol. The fraction of sp³-hybridized carbons (Fsp3) is 0.667. The second kappa shape index (κ2) is 5.17. The number of halogens is 1. The minimum Gasteiger partial charge on any atom is -0.396 e. The van der Waals surface area contributed by atoms with Gasteiger partial charge in [0, 0.05) is 39.8 Å². The minimum atomic E-state index is 0.241. The fourth-order valence-corrected chi connectivity index (χ4v) is 3.42. The Morgan fingerprint density at radius 2 is 2.31 bits per heavy atom. The molecule has 0 unspecified atom stereocenters. The van der Waals surface area contributed by atoms with Gasteiger partial charge in [-0.1, -0.05) is 0 Å². The molecule has 16 heavy (non-hydrogen) atoms. The van der Waals surface area contributed by atoms with Crippen LogP contribution < -0.4 is 0 Å². The average molecular weight is 304 g/mol. The van der Waals surface area contributed by atoms with Crippen LogP contribution >= 0.6 is 27.3 Å². The average Bonchev–Trinajstić information content (AvgIpc) is 2.91. The topological polar surface area (TPSA) is 23.5 Å². The molecule has 2 nitrogen and oxygen atoms in total. The van der Waals surface area contributed by atoms with Gasteiger partial charge in [0.1, 0.15) is 0 Å². The van der Waals surface area contributed by atoms with Gasteiger partial charge in [-0.05, 0) is 48.3 Å².